The summed E-state index contributed by atoms with van der Waals surface area (Å²) in [5.41, 5.74) is -3.35. The van der Waals surface area contributed by atoms with Gasteiger partial charge in [-0.2, -0.15) is 0 Å². The molecule has 0 aromatic carbocycles. The van der Waals surface area contributed by atoms with Gasteiger partial charge in [-0.05, 0) is 6.92 Å². The molecule has 1 aliphatic rings. The average molecular weight is 391 g/mol. The number of aromatic nitrogens is 2. The predicted octanol–water partition coefficient (Wildman–Crippen LogP) is -0.919. The van der Waals surface area contributed by atoms with Crippen LogP contribution in [0.1, 0.15) is 20.1 Å². The smallest absolute Gasteiger partial charge is 0.330 e. The lowest BCUT2D eigenvalue weighted by atomic mass is 9.91. The summed E-state index contributed by atoms with van der Waals surface area (Å²) < 4.78 is 11.4. The van der Waals surface area contributed by atoms with Gasteiger partial charge in [0.15, 0.2) is 17.6 Å². The molecule has 1 aliphatic heterocycles. The van der Waals surface area contributed by atoms with Crippen molar-refractivity contribution in [2.45, 2.75) is 36.6 Å². The van der Waals surface area contributed by atoms with Gasteiger partial charge in [-0.1, -0.05) is 15.9 Å². The van der Waals surface area contributed by atoms with Crippen LogP contribution >= 0.6 is 15.9 Å². The fraction of sp³-hybridized carbons (Fsp3) is 0.538. The van der Waals surface area contributed by atoms with Gasteiger partial charge in [-0.25, -0.2) is 4.79 Å². The highest BCUT2D eigenvalue weighted by atomic mass is 79.9. The van der Waals surface area contributed by atoms with Crippen molar-refractivity contribution < 1.29 is 24.2 Å². The van der Waals surface area contributed by atoms with Gasteiger partial charge in [0.2, 0.25) is 0 Å². The van der Waals surface area contributed by atoms with Crippen LogP contribution in [-0.4, -0.2) is 49.5 Å². The van der Waals surface area contributed by atoms with E-state index in [1.807, 2.05) is 0 Å². The number of esters is 1. The van der Waals surface area contributed by atoms with E-state index in [9.17, 15) is 24.3 Å². The molecule has 10 heteroatoms. The van der Waals surface area contributed by atoms with Crippen LogP contribution < -0.4 is 11.2 Å². The standard InChI is InChI=1S/C13H15BrN2O7/c1-6(17)13(21)8(5-22-7(2)18)23-11(10(13)14)16-4-3-9(19)15-12(16)20/h3-4,8,10-11,21H,5H2,1-2H3,(H,15,19,20)/t8-,10+,11-,13-/m1/s1. The monoisotopic (exact) mass is 390 g/mol. The number of carbonyl (C=O) groups excluding carboxylic acids is 2. The summed E-state index contributed by atoms with van der Waals surface area (Å²) in [6.45, 7) is 1.98. The molecule has 0 spiro atoms. The van der Waals surface area contributed by atoms with Crippen LogP contribution in [-0.2, 0) is 19.1 Å². The van der Waals surface area contributed by atoms with Crippen molar-refractivity contribution in [2.75, 3.05) is 6.61 Å². The highest BCUT2D eigenvalue weighted by Crippen LogP contribution is 2.42. The number of carbonyl (C=O) groups is 2. The van der Waals surface area contributed by atoms with Crippen LogP contribution in [0.15, 0.2) is 21.9 Å². The Hall–Kier alpha value is -1.78. The molecule has 2 rings (SSSR count). The molecule has 0 unspecified atom stereocenters. The second-order valence-electron chi connectivity index (χ2n) is 5.12. The largest absolute Gasteiger partial charge is 0.463 e. The number of nitrogens with one attached hydrogen (secondary N) is 1. The number of nitrogens with zero attached hydrogens (tertiary/aromatic N) is 1. The number of hydrogen-bond donors (Lipinski definition) is 2. The van der Waals surface area contributed by atoms with Crippen molar-refractivity contribution in [3.05, 3.63) is 33.1 Å². The first-order valence-electron chi connectivity index (χ1n) is 6.65. The molecule has 0 amide bonds. The lowest BCUT2D eigenvalue weighted by molar-refractivity contribution is -0.157. The number of aromatic amines is 1. The maximum Gasteiger partial charge on any atom is 0.330 e. The van der Waals surface area contributed by atoms with Crippen molar-refractivity contribution >= 4 is 27.7 Å². The number of alkyl halides is 1. The summed E-state index contributed by atoms with van der Waals surface area (Å²) in [5, 5.41) is 10.7. The van der Waals surface area contributed by atoms with Gasteiger partial charge < -0.3 is 14.6 Å². The van der Waals surface area contributed by atoms with Gasteiger partial charge >= 0.3 is 11.7 Å². The molecular weight excluding hydrogens is 376 g/mol. The van der Waals surface area contributed by atoms with E-state index in [0.29, 0.717) is 0 Å². The quantitative estimate of drug-likeness (QED) is 0.502. The molecule has 126 valence electrons. The van der Waals surface area contributed by atoms with E-state index >= 15 is 0 Å². The Morgan fingerprint density at radius 1 is 1.48 bits per heavy atom. The van der Waals surface area contributed by atoms with Gasteiger partial charge in [0.1, 0.15) is 12.7 Å². The minimum absolute atomic E-state index is 0.359. The predicted molar refractivity (Wildman–Crippen MR) is 80.2 cm³/mol. The third kappa shape index (κ3) is 3.14. The third-order valence-electron chi connectivity index (χ3n) is 3.59. The van der Waals surface area contributed by atoms with Crippen LogP contribution in [0, 0.1) is 0 Å². The highest BCUT2D eigenvalue weighted by molar-refractivity contribution is 9.09. The molecule has 0 bridgehead atoms. The first-order chi connectivity index (χ1) is 10.7. The number of rotatable bonds is 4. The van der Waals surface area contributed by atoms with E-state index in [0.717, 1.165) is 17.6 Å². The molecule has 4 atom stereocenters. The normalized spacial score (nSPS) is 30.2. The fourth-order valence-electron chi connectivity index (χ4n) is 2.35. The molecule has 1 saturated heterocycles. The minimum Gasteiger partial charge on any atom is -0.463 e. The first-order valence-corrected chi connectivity index (χ1v) is 7.57. The Kier molecular flexibility index (Phi) is 4.87. The summed E-state index contributed by atoms with van der Waals surface area (Å²) in [6, 6.07) is 1.11. The van der Waals surface area contributed by atoms with Gasteiger partial charge in [0, 0.05) is 19.2 Å². The van der Waals surface area contributed by atoms with Crippen molar-refractivity contribution in [1.29, 1.82) is 0 Å². The second kappa shape index (κ2) is 6.38. The first kappa shape index (κ1) is 17.6. The van der Waals surface area contributed by atoms with E-state index in [1.54, 1.807) is 0 Å². The number of H-pyrrole nitrogens is 1. The maximum absolute atomic E-state index is 11.9. The summed E-state index contributed by atoms with van der Waals surface area (Å²) in [6.07, 6.45) is -1.06. The van der Waals surface area contributed by atoms with Crippen LogP contribution in [0.3, 0.4) is 0 Å². The molecule has 0 saturated carbocycles. The van der Waals surface area contributed by atoms with Crippen LogP contribution in [0.4, 0.5) is 0 Å². The average Bonchev–Trinajstić information content (AvgIpc) is 2.71. The Morgan fingerprint density at radius 2 is 2.13 bits per heavy atom. The number of Topliss-reactive ketones (excluding diaryl/α,β-unsaturated/α-hetero) is 1. The number of halogens is 1. The Balaban J connectivity index is 2.40. The summed E-state index contributed by atoms with van der Waals surface area (Å²) in [4.78, 5) is 46.9. The zero-order valence-corrected chi connectivity index (χ0v) is 13.9. The molecule has 1 fully saturated rings. The Labute approximate surface area is 138 Å². The highest BCUT2D eigenvalue weighted by Gasteiger charge is 2.59. The van der Waals surface area contributed by atoms with Crippen molar-refractivity contribution in [3.8, 4) is 0 Å². The number of ether oxygens (including phenoxy) is 2. The number of aliphatic hydroxyl groups is 1. The van der Waals surface area contributed by atoms with Gasteiger partial charge in [-0.15, -0.1) is 0 Å². The van der Waals surface area contributed by atoms with E-state index in [2.05, 4.69) is 20.9 Å². The van der Waals surface area contributed by atoms with Crippen LogP contribution in [0.2, 0.25) is 0 Å². The van der Waals surface area contributed by atoms with E-state index < -0.39 is 45.8 Å². The minimum atomic E-state index is -2.00. The molecule has 23 heavy (non-hydrogen) atoms. The number of ketones is 1. The molecule has 2 N–H and O–H groups in total. The topological polar surface area (TPSA) is 128 Å². The zero-order valence-electron chi connectivity index (χ0n) is 12.3. The summed E-state index contributed by atoms with van der Waals surface area (Å²) >= 11 is 3.18. The molecular formula is C13H15BrN2O7. The summed E-state index contributed by atoms with van der Waals surface area (Å²) in [5.74, 6) is -1.22. The van der Waals surface area contributed by atoms with Crippen molar-refractivity contribution in [3.63, 3.8) is 0 Å². The Morgan fingerprint density at radius 3 is 2.65 bits per heavy atom. The SMILES string of the molecule is CC(=O)OC[C@H]1O[C@@H](n2ccc(=O)[nH]c2=O)[C@H](Br)[C@@]1(O)C(C)=O. The maximum atomic E-state index is 11.9. The van der Waals surface area contributed by atoms with Crippen LogP contribution in [0.25, 0.3) is 0 Å². The molecule has 1 aromatic heterocycles. The molecule has 0 radical (unpaired) electrons. The summed E-state index contributed by atoms with van der Waals surface area (Å²) in [7, 11) is 0. The molecule has 1 aromatic rings. The van der Waals surface area contributed by atoms with Crippen molar-refractivity contribution in [1.82, 2.24) is 9.55 Å². The van der Waals surface area contributed by atoms with E-state index in [1.165, 1.54) is 13.1 Å². The molecule has 0 aliphatic carbocycles. The second-order valence-corrected chi connectivity index (χ2v) is 6.11. The van der Waals surface area contributed by atoms with Crippen molar-refractivity contribution in [2.24, 2.45) is 0 Å². The van der Waals surface area contributed by atoms with E-state index in [-0.39, 0.29) is 6.61 Å². The lowest BCUT2D eigenvalue weighted by Crippen LogP contribution is -2.53. The molecule has 9 nitrogen and oxygen atoms in total. The van der Waals surface area contributed by atoms with Gasteiger partial charge in [-0.3, -0.25) is 23.9 Å². The Bertz CT molecular complexity index is 742. The third-order valence-corrected chi connectivity index (χ3v) is 4.74. The lowest BCUT2D eigenvalue weighted by Gasteiger charge is -2.27. The van der Waals surface area contributed by atoms with Crippen LogP contribution in [0.5, 0.6) is 0 Å². The zero-order chi connectivity index (χ0) is 17.4. The van der Waals surface area contributed by atoms with Gasteiger partial charge in [0.05, 0.1) is 4.83 Å². The number of hydrogen-bond acceptors (Lipinski definition) is 7. The molecule has 2 heterocycles. The fourth-order valence-corrected chi connectivity index (χ4v) is 3.35. The van der Waals surface area contributed by atoms with E-state index in [4.69, 9.17) is 9.47 Å². The van der Waals surface area contributed by atoms with Gasteiger partial charge in [0.25, 0.3) is 5.56 Å².